The van der Waals surface area contributed by atoms with E-state index >= 15 is 0 Å². The third kappa shape index (κ3) is 6.22. The van der Waals surface area contributed by atoms with Crippen LogP contribution >= 0.6 is 0 Å². The van der Waals surface area contributed by atoms with Crippen molar-refractivity contribution in [3.8, 4) is 0 Å². The Balaban J connectivity index is 2.42. The monoisotopic (exact) mass is 304 g/mol. The van der Waals surface area contributed by atoms with Gasteiger partial charge in [0.2, 0.25) is 15.9 Å². The second-order valence-corrected chi connectivity index (χ2v) is 8.70. The van der Waals surface area contributed by atoms with Crippen LogP contribution in [0.15, 0.2) is 0 Å². The van der Waals surface area contributed by atoms with Gasteiger partial charge in [0.1, 0.15) is 0 Å². The van der Waals surface area contributed by atoms with Crippen LogP contribution in [-0.4, -0.2) is 44.1 Å². The second kappa shape index (κ2) is 6.89. The number of nitrogens with one attached hydrogen (secondary N) is 1. The number of nitrogens with zero attached hydrogens (tertiary/aromatic N) is 1. The predicted molar refractivity (Wildman–Crippen MR) is 80.9 cm³/mol. The molecular weight excluding hydrogens is 276 g/mol. The van der Waals surface area contributed by atoms with Crippen molar-refractivity contribution in [2.45, 2.75) is 59.4 Å². The molecule has 0 aromatic rings. The van der Waals surface area contributed by atoms with Gasteiger partial charge in [-0.15, -0.1) is 0 Å². The topological polar surface area (TPSA) is 66.5 Å². The molecule has 1 saturated heterocycles. The molecule has 6 heteroatoms. The lowest BCUT2D eigenvalue weighted by Gasteiger charge is -2.33. The first kappa shape index (κ1) is 17.4. The molecule has 0 unspecified atom stereocenters. The molecule has 0 spiro atoms. The predicted octanol–water partition coefficient (Wildman–Crippen LogP) is 1.74. The molecule has 0 atom stereocenters. The van der Waals surface area contributed by atoms with Crippen molar-refractivity contribution in [3.05, 3.63) is 0 Å². The van der Waals surface area contributed by atoms with Gasteiger partial charge in [-0.3, -0.25) is 4.79 Å². The molecule has 1 rings (SSSR count). The largest absolute Gasteiger partial charge is 0.343 e. The van der Waals surface area contributed by atoms with E-state index in [0.717, 1.165) is 0 Å². The van der Waals surface area contributed by atoms with Crippen molar-refractivity contribution in [3.63, 3.8) is 0 Å². The molecule has 1 N–H and O–H groups in total. The van der Waals surface area contributed by atoms with Gasteiger partial charge in [-0.1, -0.05) is 27.7 Å². The summed E-state index contributed by atoms with van der Waals surface area (Å²) in [6, 6.07) is -0.0229. The molecule has 1 amide bonds. The maximum Gasteiger partial charge on any atom is 0.223 e. The summed E-state index contributed by atoms with van der Waals surface area (Å²) >= 11 is 0. The number of rotatable bonds is 5. The van der Waals surface area contributed by atoms with Crippen molar-refractivity contribution in [2.75, 3.05) is 18.8 Å². The summed E-state index contributed by atoms with van der Waals surface area (Å²) < 4.78 is 26.2. The van der Waals surface area contributed by atoms with E-state index in [1.54, 1.807) is 0 Å². The zero-order valence-corrected chi connectivity index (χ0v) is 13.9. The van der Waals surface area contributed by atoms with E-state index in [4.69, 9.17) is 0 Å². The van der Waals surface area contributed by atoms with E-state index < -0.39 is 10.0 Å². The minimum Gasteiger partial charge on any atom is -0.343 e. The fourth-order valence-corrected chi connectivity index (χ4v) is 3.79. The van der Waals surface area contributed by atoms with Crippen LogP contribution in [-0.2, 0) is 14.8 Å². The highest BCUT2D eigenvalue weighted by molar-refractivity contribution is 7.89. The number of hydrogen-bond donors (Lipinski definition) is 1. The number of amides is 1. The fraction of sp³-hybridized carbons (Fsp3) is 0.929. The van der Waals surface area contributed by atoms with Crippen LogP contribution in [0.4, 0.5) is 0 Å². The number of carbonyl (C=O) groups excluding carboxylic acids is 1. The van der Waals surface area contributed by atoms with Crippen molar-refractivity contribution in [1.29, 1.82) is 0 Å². The van der Waals surface area contributed by atoms with E-state index in [1.165, 1.54) is 0 Å². The second-order valence-electron chi connectivity index (χ2n) is 6.83. The molecule has 0 radical (unpaired) electrons. The van der Waals surface area contributed by atoms with Gasteiger partial charge >= 0.3 is 0 Å². The SMILES string of the molecule is CCCS(=O)(=O)NC1CCN(C(=O)CC(C)(C)C)CC1. The zero-order chi connectivity index (χ0) is 15.4. The van der Waals surface area contributed by atoms with E-state index in [-0.39, 0.29) is 23.1 Å². The molecule has 20 heavy (non-hydrogen) atoms. The van der Waals surface area contributed by atoms with Crippen molar-refractivity contribution >= 4 is 15.9 Å². The maximum absolute atomic E-state index is 12.1. The average molecular weight is 304 g/mol. The van der Waals surface area contributed by atoms with Crippen LogP contribution < -0.4 is 4.72 Å². The van der Waals surface area contributed by atoms with Crippen molar-refractivity contribution in [2.24, 2.45) is 5.41 Å². The third-order valence-corrected chi connectivity index (χ3v) is 4.99. The van der Waals surface area contributed by atoms with Gasteiger partial charge in [-0.05, 0) is 24.7 Å². The Hall–Kier alpha value is -0.620. The Morgan fingerprint density at radius 2 is 1.80 bits per heavy atom. The van der Waals surface area contributed by atoms with Gasteiger partial charge in [-0.25, -0.2) is 13.1 Å². The third-order valence-electron chi connectivity index (χ3n) is 3.35. The number of sulfonamides is 1. The molecular formula is C14H28N2O3S. The summed E-state index contributed by atoms with van der Waals surface area (Å²) in [6.07, 6.45) is 2.58. The summed E-state index contributed by atoms with van der Waals surface area (Å²) in [5.74, 6) is 0.350. The van der Waals surface area contributed by atoms with E-state index in [9.17, 15) is 13.2 Å². The van der Waals surface area contributed by atoms with Crippen LogP contribution in [0.2, 0.25) is 0 Å². The van der Waals surface area contributed by atoms with Crippen LogP contribution in [0, 0.1) is 5.41 Å². The lowest BCUT2D eigenvalue weighted by atomic mass is 9.91. The first-order valence-corrected chi connectivity index (χ1v) is 9.06. The van der Waals surface area contributed by atoms with Gasteiger partial charge in [0.25, 0.3) is 0 Å². The molecule has 0 aromatic heterocycles. The summed E-state index contributed by atoms with van der Waals surface area (Å²) in [7, 11) is -3.15. The minimum atomic E-state index is -3.15. The van der Waals surface area contributed by atoms with Crippen LogP contribution in [0.3, 0.4) is 0 Å². The van der Waals surface area contributed by atoms with Gasteiger partial charge in [0, 0.05) is 25.6 Å². The van der Waals surface area contributed by atoms with Gasteiger partial charge < -0.3 is 4.90 Å². The summed E-state index contributed by atoms with van der Waals surface area (Å²) in [4.78, 5) is 14.0. The standard InChI is InChI=1S/C14H28N2O3S/c1-5-10-20(18,19)15-12-6-8-16(9-7-12)13(17)11-14(2,3)4/h12,15H,5-11H2,1-4H3. The fourth-order valence-electron chi connectivity index (χ4n) is 2.39. The first-order chi connectivity index (χ1) is 9.13. The van der Waals surface area contributed by atoms with E-state index in [2.05, 4.69) is 25.5 Å². The molecule has 0 bridgehead atoms. The molecule has 1 aliphatic rings. The quantitative estimate of drug-likeness (QED) is 0.841. The molecule has 1 fully saturated rings. The molecule has 0 aromatic carbocycles. The van der Waals surface area contributed by atoms with Crippen molar-refractivity contribution in [1.82, 2.24) is 9.62 Å². The summed E-state index contributed by atoms with van der Waals surface area (Å²) in [5.41, 5.74) is -0.00333. The number of carbonyl (C=O) groups is 1. The van der Waals surface area contributed by atoms with Crippen LogP contribution in [0.5, 0.6) is 0 Å². The molecule has 1 heterocycles. The Morgan fingerprint density at radius 1 is 1.25 bits per heavy atom. The minimum absolute atomic E-state index is 0.00333. The van der Waals surface area contributed by atoms with E-state index in [1.807, 2.05) is 11.8 Å². The Labute approximate surface area is 123 Å². The maximum atomic E-state index is 12.1. The lowest BCUT2D eigenvalue weighted by molar-refractivity contribution is -0.134. The highest BCUT2D eigenvalue weighted by atomic mass is 32.2. The number of likely N-dealkylation sites (tertiary alicyclic amines) is 1. The Bertz CT molecular complexity index is 418. The smallest absolute Gasteiger partial charge is 0.223 e. The highest BCUT2D eigenvalue weighted by Crippen LogP contribution is 2.21. The number of hydrogen-bond acceptors (Lipinski definition) is 3. The van der Waals surface area contributed by atoms with Gasteiger partial charge in [0.15, 0.2) is 0 Å². The molecule has 0 aliphatic carbocycles. The normalized spacial score (nSPS) is 18.3. The summed E-state index contributed by atoms with van der Waals surface area (Å²) in [6.45, 7) is 9.30. The average Bonchev–Trinajstić information content (AvgIpc) is 2.26. The Kier molecular flexibility index (Phi) is 6.01. The first-order valence-electron chi connectivity index (χ1n) is 7.41. The molecule has 5 nitrogen and oxygen atoms in total. The van der Waals surface area contributed by atoms with Crippen LogP contribution in [0.1, 0.15) is 53.4 Å². The lowest BCUT2D eigenvalue weighted by Crippen LogP contribution is -2.47. The van der Waals surface area contributed by atoms with Crippen LogP contribution in [0.25, 0.3) is 0 Å². The van der Waals surface area contributed by atoms with Gasteiger partial charge in [0.05, 0.1) is 5.75 Å². The zero-order valence-electron chi connectivity index (χ0n) is 13.1. The number of piperidine rings is 1. The van der Waals surface area contributed by atoms with E-state index in [0.29, 0.717) is 38.8 Å². The highest BCUT2D eigenvalue weighted by Gasteiger charge is 2.27. The molecule has 118 valence electrons. The molecule has 0 saturated carbocycles. The summed E-state index contributed by atoms with van der Waals surface area (Å²) in [5, 5.41) is 0. The van der Waals surface area contributed by atoms with Crippen molar-refractivity contribution < 1.29 is 13.2 Å². The Morgan fingerprint density at radius 3 is 2.25 bits per heavy atom. The van der Waals surface area contributed by atoms with Gasteiger partial charge in [-0.2, -0.15) is 0 Å². The molecule has 1 aliphatic heterocycles.